The Morgan fingerprint density at radius 1 is 1.00 bits per heavy atom. The third kappa shape index (κ3) is 7.01. The highest BCUT2D eigenvalue weighted by Crippen LogP contribution is 2.20. The summed E-state index contributed by atoms with van der Waals surface area (Å²) in [7, 11) is 0. The SMILES string of the molecule is CCCCCCCCC(CCl)Cc1ccccc1C. The summed E-state index contributed by atoms with van der Waals surface area (Å²) >= 11 is 6.13. The van der Waals surface area contributed by atoms with Crippen molar-refractivity contribution in [2.24, 2.45) is 5.92 Å². The first-order valence-electron chi connectivity index (χ1n) is 7.88. The van der Waals surface area contributed by atoms with Crippen LogP contribution in [0.2, 0.25) is 0 Å². The number of hydrogen-bond acceptors (Lipinski definition) is 0. The predicted molar refractivity (Wildman–Crippen MR) is 87.1 cm³/mol. The van der Waals surface area contributed by atoms with Crippen LogP contribution in [0.15, 0.2) is 24.3 Å². The number of hydrogen-bond donors (Lipinski definition) is 0. The Hall–Kier alpha value is -0.490. The van der Waals surface area contributed by atoms with Crippen LogP contribution in [-0.2, 0) is 6.42 Å². The molecule has 0 aromatic heterocycles. The second-order valence-corrected chi connectivity index (χ2v) is 6.02. The molecule has 19 heavy (non-hydrogen) atoms. The highest BCUT2D eigenvalue weighted by atomic mass is 35.5. The van der Waals surface area contributed by atoms with Gasteiger partial charge in [0.05, 0.1) is 0 Å². The van der Waals surface area contributed by atoms with E-state index in [9.17, 15) is 0 Å². The van der Waals surface area contributed by atoms with Crippen LogP contribution in [-0.4, -0.2) is 5.88 Å². The molecule has 1 unspecified atom stereocenters. The molecule has 0 spiro atoms. The van der Waals surface area contributed by atoms with Crippen LogP contribution in [0.25, 0.3) is 0 Å². The van der Waals surface area contributed by atoms with Gasteiger partial charge in [-0.3, -0.25) is 0 Å². The molecule has 0 radical (unpaired) electrons. The van der Waals surface area contributed by atoms with Gasteiger partial charge in [-0.2, -0.15) is 0 Å². The van der Waals surface area contributed by atoms with Crippen molar-refractivity contribution in [1.29, 1.82) is 0 Å². The monoisotopic (exact) mass is 280 g/mol. The van der Waals surface area contributed by atoms with Crippen molar-refractivity contribution in [1.82, 2.24) is 0 Å². The molecule has 0 nitrogen and oxygen atoms in total. The van der Waals surface area contributed by atoms with Crippen LogP contribution >= 0.6 is 11.6 Å². The van der Waals surface area contributed by atoms with Crippen LogP contribution < -0.4 is 0 Å². The van der Waals surface area contributed by atoms with Gasteiger partial charge in [0.25, 0.3) is 0 Å². The standard InChI is InChI=1S/C18H29Cl/c1-3-4-5-6-7-8-12-17(15-19)14-18-13-10-9-11-16(18)2/h9-11,13,17H,3-8,12,14-15H2,1-2H3. The fraction of sp³-hybridized carbons (Fsp3) is 0.667. The summed E-state index contributed by atoms with van der Waals surface area (Å²) < 4.78 is 0. The Labute approximate surface area is 124 Å². The summed E-state index contributed by atoms with van der Waals surface area (Å²) in [5.74, 6) is 1.44. The maximum atomic E-state index is 6.13. The summed E-state index contributed by atoms with van der Waals surface area (Å²) in [6.45, 7) is 4.47. The number of benzene rings is 1. The number of rotatable bonds is 10. The Balaban J connectivity index is 2.24. The van der Waals surface area contributed by atoms with Crippen molar-refractivity contribution in [2.45, 2.75) is 65.2 Å². The smallest absolute Gasteiger partial charge is 0.0254 e. The molecule has 1 rings (SSSR count). The molecule has 1 atom stereocenters. The van der Waals surface area contributed by atoms with Crippen molar-refractivity contribution < 1.29 is 0 Å². The normalized spacial score (nSPS) is 12.6. The Bertz CT molecular complexity index is 332. The molecular weight excluding hydrogens is 252 g/mol. The van der Waals surface area contributed by atoms with Gasteiger partial charge in [0, 0.05) is 5.88 Å². The van der Waals surface area contributed by atoms with Crippen molar-refractivity contribution in [2.75, 3.05) is 5.88 Å². The molecule has 0 amide bonds. The van der Waals surface area contributed by atoms with E-state index in [-0.39, 0.29) is 0 Å². The highest BCUT2D eigenvalue weighted by molar-refractivity contribution is 6.18. The summed E-state index contributed by atoms with van der Waals surface area (Å²) in [5, 5.41) is 0. The molecule has 108 valence electrons. The quantitative estimate of drug-likeness (QED) is 0.356. The fourth-order valence-electron chi connectivity index (χ4n) is 2.60. The average Bonchev–Trinajstić information content (AvgIpc) is 2.43. The Morgan fingerprint density at radius 2 is 1.68 bits per heavy atom. The molecule has 0 bridgehead atoms. The lowest BCUT2D eigenvalue weighted by Gasteiger charge is -2.15. The van der Waals surface area contributed by atoms with E-state index in [1.165, 1.54) is 56.1 Å². The molecule has 0 aliphatic rings. The van der Waals surface area contributed by atoms with Crippen LogP contribution in [0.3, 0.4) is 0 Å². The van der Waals surface area contributed by atoms with Gasteiger partial charge in [-0.15, -0.1) is 11.6 Å². The van der Waals surface area contributed by atoms with Crippen LogP contribution in [0, 0.1) is 12.8 Å². The minimum Gasteiger partial charge on any atom is -0.126 e. The van der Waals surface area contributed by atoms with E-state index in [0.29, 0.717) is 5.92 Å². The molecular formula is C18H29Cl. The molecule has 0 saturated carbocycles. The van der Waals surface area contributed by atoms with E-state index in [2.05, 4.69) is 38.1 Å². The van der Waals surface area contributed by atoms with Gasteiger partial charge in [-0.1, -0.05) is 69.7 Å². The van der Waals surface area contributed by atoms with Gasteiger partial charge in [0.1, 0.15) is 0 Å². The van der Waals surface area contributed by atoms with E-state index in [1.807, 2.05) is 0 Å². The van der Waals surface area contributed by atoms with E-state index in [4.69, 9.17) is 11.6 Å². The molecule has 0 aliphatic heterocycles. The average molecular weight is 281 g/mol. The third-order valence-corrected chi connectivity index (χ3v) is 4.39. The zero-order valence-corrected chi connectivity index (χ0v) is 13.4. The summed E-state index contributed by atoms with van der Waals surface area (Å²) in [5.41, 5.74) is 2.87. The van der Waals surface area contributed by atoms with Crippen LogP contribution in [0.4, 0.5) is 0 Å². The fourth-order valence-corrected chi connectivity index (χ4v) is 2.86. The lowest BCUT2D eigenvalue weighted by molar-refractivity contribution is 0.484. The second kappa shape index (κ2) is 10.3. The Morgan fingerprint density at radius 3 is 2.37 bits per heavy atom. The highest BCUT2D eigenvalue weighted by Gasteiger charge is 2.09. The van der Waals surface area contributed by atoms with Gasteiger partial charge in [-0.25, -0.2) is 0 Å². The first-order chi connectivity index (χ1) is 9.27. The van der Waals surface area contributed by atoms with E-state index in [0.717, 1.165) is 12.3 Å². The van der Waals surface area contributed by atoms with E-state index in [1.54, 1.807) is 0 Å². The van der Waals surface area contributed by atoms with E-state index >= 15 is 0 Å². The van der Waals surface area contributed by atoms with Crippen molar-refractivity contribution in [3.63, 3.8) is 0 Å². The second-order valence-electron chi connectivity index (χ2n) is 5.71. The van der Waals surface area contributed by atoms with Gasteiger partial charge in [0.15, 0.2) is 0 Å². The third-order valence-electron chi connectivity index (χ3n) is 3.95. The van der Waals surface area contributed by atoms with Gasteiger partial charge < -0.3 is 0 Å². The summed E-state index contributed by atoms with van der Waals surface area (Å²) in [6.07, 6.45) is 10.7. The molecule has 0 fully saturated rings. The molecule has 0 aliphatic carbocycles. The summed E-state index contributed by atoms with van der Waals surface area (Å²) in [4.78, 5) is 0. The van der Waals surface area contributed by atoms with Crippen molar-refractivity contribution in [3.05, 3.63) is 35.4 Å². The van der Waals surface area contributed by atoms with Gasteiger partial charge in [-0.05, 0) is 36.8 Å². The molecule has 0 saturated heterocycles. The number of unbranched alkanes of at least 4 members (excludes halogenated alkanes) is 5. The van der Waals surface area contributed by atoms with E-state index < -0.39 is 0 Å². The molecule has 1 heteroatoms. The molecule has 0 N–H and O–H groups in total. The Kier molecular flexibility index (Phi) is 8.99. The molecule has 1 aromatic carbocycles. The molecule has 1 aromatic rings. The number of alkyl halides is 1. The predicted octanol–water partition coefficient (Wildman–Crippen LogP) is 6.14. The van der Waals surface area contributed by atoms with Crippen molar-refractivity contribution >= 4 is 11.6 Å². The van der Waals surface area contributed by atoms with Gasteiger partial charge in [0.2, 0.25) is 0 Å². The zero-order chi connectivity index (χ0) is 13.9. The van der Waals surface area contributed by atoms with Gasteiger partial charge >= 0.3 is 0 Å². The zero-order valence-electron chi connectivity index (χ0n) is 12.6. The molecule has 0 heterocycles. The largest absolute Gasteiger partial charge is 0.126 e. The lowest BCUT2D eigenvalue weighted by atomic mass is 9.93. The summed E-state index contributed by atoms with van der Waals surface area (Å²) in [6, 6.07) is 8.70. The van der Waals surface area contributed by atoms with Crippen LogP contribution in [0.5, 0.6) is 0 Å². The number of aryl methyl sites for hydroxylation is 1. The first-order valence-corrected chi connectivity index (χ1v) is 8.41. The first kappa shape index (κ1) is 16.6. The lowest BCUT2D eigenvalue weighted by Crippen LogP contribution is -2.07. The maximum Gasteiger partial charge on any atom is 0.0254 e. The maximum absolute atomic E-state index is 6.13. The minimum absolute atomic E-state index is 0.647. The topological polar surface area (TPSA) is 0 Å². The van der Waals surface area contributed by atoms with Crippen molar-refractivity contribution in [3.8, 4) is 0 Å². The number of halogens is 1. The van der Waals surface area contributed by atoms with Crippen LogP contribution in [0.1, 0.15) is 63.0 Å². The minimum atomic E-state index is 0.647.